The summed E-state index contributed by atoms with van der Waals surface area (Å²) in [6.07, 6.45) is 4.73. The van der Waals surface area contributed by atoms with Gasteiger partial charge in [0, 0.05) is 28.4 Å². The van der Waals surface area contributed by atoms with E-state index in [9.17, 15) is 0 Å². The molecule has 2 aromatic heterocycles. The van der Waals surface area contributed by atoms with Crippen LogP contribution in [0.15, 0.2) is 22.2 Å². The predicted octanol–water partition coefficient (Wildman–Crippen LogP) is 3.80. The second-order valence-corrected chi connectivity index (χ2v) is 6.55. The lowest BCUT2D eigenvalue weighted by Gasteiger charge is -2.18. The third-order valence-electron chi connectivity index (χ3n) is 3.12. The Morgan fingerprint density at radius 2 is 2.25 bits per heavy atom. The van der Waals surface area contributed by atoms with Crippen molar-refractivity contribution in [1.82, 2.24) is 20.1 Å². The number of hydrogen-bond acceptors (Lipinski definition) is 4. The van der Waals surface area contributed by atoms with E-state index >= 15 is 0 Å². The van der Waals surface area contributed by atoms with Gasteiger partial charge in [0.25, 0.3) is 0 Å². The van der Waals surface area contributed by atoms with Crippen LogP contribution in [0.2, 0.25) is 0 Å². The highest BCUT2D eigenvalue weighted by atomic mass is 79.9. The van der Waals surface area contributed by atoms with Gasteiger partial charge in [0.05, 0.1) is 0 Å². The zero-order valence-electron chi connectivity index (χ0n) is 12.0. The summed E-state index contributed by atoms with van der Waals surface area (Å²) in [6, 6.07) is 2.40. The third kappa shape index (κ3) is 3.90. The van der Waals surface area contributed by atoms with Crippen molar-refractivity contribution in [2.75, 3.05) is 6.54 Å². The minimum atomic E-state index is 0.295. The summed E-state index contributed by atoms with van der Waals surface area (Å²) < 4.78 is 3.19. The Hall–Kier alpha value is -0.720. The van der Waals surface area contributed by atoms with E-state index in [4.69, 9.17) is 0 Å². The molecule has 4 nitrogen and oxygen atoms in total. The summed E-state index contributed by atoms with van der Waals surface area (Å²) in [5.74, 6) is 1.06. The van der Waals surface area contributed by atoms with Gasteiger partial charge in [0.15, 0.2) is 0 Å². The van der Waals surface area contributed by atoms with E-state index in [1.165, 1.54) is 9.35 Å². The van der Waals surface area contributed by atoms with Gasteiger partial charge in [0.1, 0.15) is 12.2 Å². The minimum absolute atomic E-state index is 0.295. The van der Waals surface area contributed by atoms with Crippen LogP contribution in [0.1, 0.15) is 43.4 Å². The Morgan fingerprint density at radius 3 is 2.90 bits per heavy atom. The summed E-state index contributed by atoms with van der Waals surface area (Å²) >= 11 is 5.42. The Balaban J connectivity index is 2.15. The van der Waals surface area contributed by atoms with Crippen molar-refractivity contribution in [2.45, 2.75) is 45.7 Å². The average Bonchev–Trinajstić information content (AvgIpc) is 3.04. The number of aromatic nitrogens is 3. The first kappa shape index (κ1) is 15.7. The lowest BCUT2D eigenvalue weighted by atomic mass is 10.1. The van der Waals surface area contributed by atoms with E-state index in [1.54, 1.807) is 17.7 Å². The van der Waals surface area contributed by atoms with Crippen LogP contribution < -0.4 is 5.32 Å². The topological polar surface area (TPSA) is 42.7 Å². The maximum absolute atomic E-state index is 4.42. The number of nitrogens with one attached hydrogen (secondary N) is 1. The zero-order valence-corrected chi connectivity index (χ0v) is 14.4. The van der Waals surface area contributed by atoms with Gasteiger partial charge in [-0.2, -0.15) is 5.10 Å². The van der Waals surface area contributed by atoms with Crippen LogP contribution in [0.4, 0.5) is 0 Å². The molecule has 0 radical (unpaired) electrons. The number of aryl methyl sites for hydroxylation is 1. The van der Waals surface area contributed by atoms with Gasteiger partial charge in [-0.3, -0.25) is 4.68 Å². The largest absolute Gasteiger partial charge is 0.309 e. The highest BCUT2D eigenvalue weighted by Gasteiger charge is 2.18. The van der Waals surface area contributed by atoms with Crippen molar-refractivity contribution < 1.29 is 0 Å². The Morgan fingerprint density at radius 1 is 1.40 bits per heavy atom. The lowest BCUT2D eigenvalue weighted by Crippen LogP contribution is -2.25. The second-order valence-electron chi connectivity index (χ2n) is 4.74. The molecule has 2 aromatic rings. The van der Waals surface area contributed by atoms with Gasteiger partial charge in [-0.15, -0.1) is 11.3 Å². The summed E-state index contributed by atoms with van der Waals surface area (Å²) in [6.45, 7) is 6.29. The normalized spacial score (nSPS) is 12.8. The number of nitrogens with zero attached hydrogens (tertiary/aromatic N) is 3. The minimum Gasteiger partial charge on any atom is -0.309 e. The van der Waals surface area contributed by atoms with Crippen LogP contribution in [0.25, 0.3) is 0 Å². The molecule has 0 bridgehead atoms. The van der Waals surface area contributed by atoms with E-state index in [0.29, 0.717) is 6.04 Å². The molecule has 1 N–H and O–H groups in total. The Bertz CT molecular complexity index is 523. The molecule has 0 saturated heterocycles. The predicted molar refractivity (Wildman–Crippen MR) is 87.1 cm³/mol. The molecule has 110 valence electrons. The van der Waals surface area contributed by atoms with Gasteiger partial charge in [-0.05, 0) is 46.8 Å². The molecule has 0 spiro atoms. The van der Waals surface area contributed by atoms with Gasteiger partial charge >= 0.3 is 0 Å². The van der Waals surface area contributed by atoms with Gasteiger partial charge in [-0.25, -0.2) is 4.98 Å². The van der Waals surface area contributed by atoms with Crippen molar-refractivity contribution in [3.63, 3.8) is 0 Å². The smallest absolute Gasteiger partial charge is 0.138 e. The Kier molecular flexibility index (Phi) is 6.19. The maximum atomic E-state index is 4.42. The van der Waals surface area contributed by atoms with Gasteiger partial charge in [0.2, 0.25) is 0 Å². The summed E-state index contributed by atoms with van der Waals surface area (Å²) in [7, 11) is 0. The van der Waals surface area contributed by atoms with Crippen LogP contribution in [0.3, 0.4) is 0 Å². The SMILES string of the molecule is CCCNC(Cc1ncnn1CCC)c1sccc1Br. The molecule has 0 aromatic carbocycles. The molecule has 0 aliphatic heterocycles. The van der Waals surface area contributed by atoms with Gasteiger partial charge < -0.3 is 5.32 Å². The fourth-order valence-electron chi connectivity index (χ4n) is 2.16. The zero-order chi connectivity index (χ0) is 14.4. The molecule has 2 heterocycles. The van der Waals surface area contributed by atoms with Crippen molar-refractivity contribution in [3.05, 3.63) is 32.9 Å². The monoisotopic (exact) mass is 356 g/mol. The van der Waals surface area contributed by atoms with E-state index in [0.717, 1.165) is 38.2 Å². The lowest BCUT2D eigenvalue weighted by molar-refractivity contribution is 0.492. The van der Waals surface area contributed by atoms with Crippen LogP contribution in [-0.4, -0.2) is 21.3 Å². The first-order valence-corrected chi connectivity index (χ1v) is 8.76. The average molecular weight is 357 g/mol. The van der Waals surface area contributed by atoms with Gasteiger partial charge in [-0.1, -0.05) is 13.8 Å². The summed E-state index contributed by atoms with van der Waals surface area (Å²) in [4.78, 5) is 5.76. The second kappa shape index (κ2) is 7.90. The molecule has 1 unspecified atom stereocenters. The molecule has 20 heavy (non-hydrogen) atoms. The van der Waals surface area contributed by atoms with Crippen LogP contribution >= 0.6 is 27.3 Å². The molecule has 1 atom stereocenters. The van der Waals surface area contributed by atoms with E-state index in [-0.39, 0.29) is 0 Å². The van der Waals surface area contributed by atoms with Crippen molar-refractivity contribution in [3.8, 4) is 0 Å². The third-order valence-corrected chi connectivity index (χ3v) is 5.10. The summed E-state index contributed by atoms with van der Waals surface area (Å²) in [5, 5.41) is 10.1. The molecule has 0 aliphatic rings. The number of thiophene rings is 1. The molecular formula is C14H21BrN4S. The fourth-order valence-corrected chi connectivity index (χ4v) is 3.88. The van der Waals surface area contributed by atoms with Crippen molar-refractivity contribution in [1.29, 1.82) is 0 Å². The number of hydrogen-bond donors (Lipinski definition) is 1. The molecule has 6 heteroatoms. The molecule has 2 rings (SSSR count). The van der Waals surface area contributed by atoms with E-state index in [2.05, 4.69) is 56.6 Å². The highest BCUT2D eigenvalue weighted by molar-refractivity contribution is 9.10. The maximum Gasteiger partial charge on any atom is 0.138 e. The number of rotatable bonds is 8. The van der Waals surface area contributed by atoms with E-state index < -0.39 is 0 Å². The van der Waals surface area contributed by atoms with Crippen molar-refractivity contribution >= 4 is 27.3 Å². The first-order valence-electron chi connectivity index (χ1n) is 7.09. The van der Waals surface area contributed by atoms with E-state index in [1.807, 2.05) is 4.68 Å². The molecule has 0 aliphatic carbocycles. The molecule has 0 amide bonds. The quantitative estimate of drug-likeness (QED) is 0.782. The fraction of sp³-hybridized carbons (Fsp3) is 0.571. The van der Waals surface area contributed by atoms with Crippen LogP contribution in [0.5, 0.6) is 0 Å². The standard InChI is InChI=1S/C14H21BrN4S/c1-3-6-16-12(14-11(15)5-8-20-14)9-13-17-10-18-19(13)7-4-2/h5,8,10,12,16H,3-4,6-7,9H2,1-2H3. The molecule has 0 saturated carbocycles. The molecule has 0 fully saturated rings. The molecular weight excluding hydrogens is 336 g/mol. The highest BCUT2D eigenvalue weighted by Crippen LogP contribution is 2.30. The summed E-state index contributed by atoms with van der Waals surface area (Å²) in [5.41, 5.74) is 0. The Labute approximate surface area is 132 Å². The van der Waals surface area contributed by atoms with Crippen LogP contribution in [-0.2, 0) is 13.0 Å². The van der Waals surface area contributed by atoms with Crippen molar-refractivity contribution in [2.24, 2.45) is 0 Å². The first-order chi connectivity index (χ1) is 9.76. The van der Waals surface area contributed by atoms with Crippen LogP contribution in [0, 0.1) is 0 Å². The number of halogens is 1.